The Morgan fingerprint density at radius 3 is 2.71 bits per heavy atom. The number of nitrogens with one attached hydrogen (secondary N) is 2. The van der Waals surface area contributed by atoms with E-state index in [0.29, 0.717) is 29.4 Å². The normalized spacial score (nSPS) is 11.3. The molecule has 3 heterocycles. The van der Waals surface area contributed by atoms with Crippen LogP contribution in [0.2, 0.25) is 0 Å². The first kappa shape index (κ1) is 23.2. The van der Waals surface area contributed by atoms with Crippen LogP contribution in [0.15, 0.2) is 71.2 Å². The molecule has 0 aliphatic rings. The van der Waals surface area contributed by atoms with Crippen molar-refractivity contribution in [1.29, 1.82) is 0 Å². The highest BCUT2D eigenvalue weighted by molar-refractivity contribution is 7.97. The number of anilines is 2. The molecule has 0 atom stereocenters. The van der Waals surface area contributed by atoms with Gasteiger partial charge in [-0.2, -0.15) is 0 Å². The molecule has 0 fully saturated rings. The molecule has 2 aromatic carbocycles. The van der Waals surface area contributed by atoms with Crippen molar-refractivity contribution in [3.05, 3.63) is 77.9 Å². The molecule has 0 aliphatic carbocycles. The van der Waals surface area contributed by atoms with Gasteiger partial charge in [0.15, 0.2) is 4.96 Å². The Kier molecular flexibility index (Phi) is 6.89. The number of rotatable bonds is 9. The molecule has 11 heteroatoms. The second-order valence-electron chi connectivity index (χ2n) is 7.60. The Morgan fingerprint density at radius 2 is 1.89 bits per heavy atom. The molecule has 5 aromatic rings. The third-order valence-electron chi connectivity index (χ3n) is 5.17. The Labute approximate surface area is 208 Å². The summed E-state index contributed by atoms with van der Waals surface area (Å²) in [6, 6.07) is 12.8. The van der Waals surface area contributed by atoms with Gasteiger partial charge in [0.2, 0.25) is 5.95 Å². The first-order chi connectivity index (χ1) is 17.1. The molecule has 0 bridgehead atoms. The zero-order chi connectivity index (χ0) is 24.2. The maximum Gasteiger partial charge on any atom is 0.223 e. The summed E-state index contributed by atoms with van der Waals surface area (Å²) < 4.78 is 31.9. The van der Waals surface area contributed by atoms with Crippen LogP contribution < -0.4 is 15.8 Å². The maximum atomic E-state index is 13.7. The van der Waals surface area contributed by atoms with Crippen molar-refractivity contribution >= 4 is 39.9 Å². The molecule has 178 valence electrons. The highest BCUT2D eigenvalue weighted by atomic mass is 32.2. The lowest BCUT2D eigenvalue weighted by Crippen LogP contribution is -2.12. The van der Waals surface area contributed by atoms with Gasteiger partial charge in [-0.15, -0.1) is 11.3 Å². The predicted octanol–water partition coefficient (Wildman–Crippen LogP) is 5.48. The van der Waals surface area contributed by atoms with Gasteiger partial charge in [-0.1, -0.05) is 0 Å². The average Bonchev–Trinajstić information content (AvgIpc) is 3.46. The number of hydrogen-bond acceptors (Lipinski definition) is 8. The number of thiazole rings is 1. The van der Waals surface area contributed by atoms with E-state index in [1.54, 1.807) is 30.5 Å². The van der Waals surface area contributed by atoms with Crippen LogP contribution in [0, 0.1) is 11.6 Å². The average molecular weight is 510 g/mol. The minimum Gasteiger partial charge on any atom is -0.396 e. The van der Waals surface area contributed by atoms with Gasteiger partial charge in [0.05, 0.1) is 17.1 Å². The predicted molar refractivity (Wildman–Crippen MR) is 137 cm³/mol. The minimum atomic E-state index is -0.463. The van der Waals surface area contributed by atoms with Crippen LogP contribution in [-0.4, -0.2) is 32.4 Å². The summed E-state index contributed by atoms with van der Waals surface area (Å²) in [4.78, 5) is 15.5. The monoisotopic (exact) mass is 509 g/mol. The van der Waals surface area contributed by atoms with Crippen LogP contribution in [0.25, 0.3) is 27.6 Å². The van der Waals surface area contributed by atoms with Crippen molar-refractivity contribution in [3.63, 3.8) is 0 Å². The third kappa shape index (κ3) is 5.26. The Balaban J connectivity index is 1.27. The van der Waals surface area contributed by atoms with E-state index in [1.807, 2.05) is 22.0 Å². The smallest absolute Gasteiger partial charge is 0.223 e. The van der Waals surface area contributed by atoms with E-state index >= 15 is 0 Å². The summed E-state index contributed by atoms with van der Waals surface area (Å²) in [5.41, 5.74) is 8.74. The molecule has 35 heavy (non-hydrogen) atoms. The highest BCUT2D eigenvalue weighted by Gasteiger charge is 2.19. The number of imidazole rings is 1. The molecule has 7 nitrogen and oxygen atoms in total. The largest absolute Gasteiger partial charge is 0.396 e. The molecule has 0 radical (unpaired) electrons. The number of nitrogens with two attached hydrogens (primary N) is 1. The summed E-state index contributed by atoms with van der Waals surface area (Å²) in [6.45, 7) is 1.42. The van der Waals surface area contributed by atoms with E-state index in [4.69, 9.17) is 15.7 Å². The molecular weight excluding hydrogens is 488 g/mol. The zero-order valence-electron chi connectivity index (χ0n) is 18.4. The standard InChI is InChI=1S/C24H21F2N7S2/c25-16-3-5-17(6-4-16)35-30-10-1-9-28-23-29-11-8-20(31-23)22-21(32-24-33(22)12-13-34-24)15-2-7-18(26)19(27)14-15/h2-8,11-14,30H,1,9-10,27H2,(H,28,29,31). The lowest BCUT2D eigenvalue weighted by atomic mass is 10.1. The number of nitrogen functional groups attached to an aromatic ring is 1. The fourth-order valence-corrected chi connectivity index (χ4v) is 4.90. The van der Waals surface area contributed by atoms with E-state index < -0.39 is 5.82 Å². The van der Waals surface area contributed by atoms with Crippen molar-refractivity contribution in [2.24, 2.45) is 0 Å². The van der Waals surface area contributed by atoms with Crippen molar-refractivity contribution in [1.82, 2.24) is 24.1 Å². The fourth-order valence-electron chi connectivity index (χ4n) is 3.50. The van der Waals surface area contributed by atoms with Gasteiger partial charge >= 0.3 is 0 Å². The Hall–Kier alpha value is -3.54. The summed E-state index contributed by atoms with van der Waals surface area (Å²) in [6.07, 6.45) is 4.46. The number of aromatic nitrogens is 4. The van der Waals surface area contributed by atoms with Crippen LogP contribution in [0.4, 0.5) is 20.4 Å². The van der Waals surface area contributed by atoms with Gasteiger partial charge in [-0.25, -0.2) is 23.7 Å². The SMILES string of the molecule is Nc1cc(-c2nc3sccn3c2-c2ccnc(NCCCNSc3ccc(F)cc3)n2)ccc1F. The first-order valence-corrected chi connectivity index (χ1v) is 12.5. The van der Waals surface area contributed by atoms with Crippen molar-refractivity contribution < 1.29 is 8.78 Å². The topological polar surface area (TPSA) is 93.2 Å². The molecule has 5 rings (SSSR count). The lowest BCUT2D eigenvalue weighted by molar-refractivity contribution is 0.626. The summed E-state index contributed by atoms with van der Waals surface area (Å²) in [5.74, 6) is -0.204. The van der Waals surface area contributed by atoms with E-state index in [9.17, 15) is 8.78 Å². The molecular formula is C24H21F2N7S2. The van der Waals surface area contributed by atoms with Crippen LogP contribution in [-0.2, 0) is 0 Å². The van der Waals surface area contributed by atoms with Crippen molar-refractivity contribution in [2.75, 3.05) is 24.1 Å². The fraction of sp³-hybridized carbons (Fsp3) is 0.125. The van der Waals surface area contributed by atoms with Crippen LogP contribution in [0.5, 0.6) is 0 Å². The van der Waals surface area contributed by atoms with E-state index in [2.05, 4.69) is 15.0 Å². The molecule has 4 N–H and O–H groups in total. The van der Waals surface area contributed by atoms with Crippen LogP contribution in [0.1, 0.15) is 6.42 Å². The minimum absolute atomic E-state index is 0.0704. The molecule has 0 spiro atoms. The van der Waals surface area contributed by atoms with Gasteiger partial charge in [0.25, 0.3) is 0 Å². The second kappa shape index (κ2) is 10.4. The zero-order valence-corrected chi connectivity index (χ0v) is 20.0. The lowest BCUT2D eigenvalue weighted by Gasteiger charge is -2.09. The van der Waals surface area contributed by atoms with E-state index in [1.165, 1.54) is 41.5 Å². The van der Waals surface area contributed by atoms with E-state index in [-0.39, 0.29) is 11.5 Å². The molecule has 3 aromatic heterocycles. The number of fused-ring (bicyclic) bond motifs is 1. The first-order valence-electron chi connectivity index (χ1n) is 10.8. The molecule has 0 saturated carbocycles. The van der Waals surface area contributed by atoms with Gasteiger partial charge < -0.3 is 11.1 Å². The van der Waals surface area contributed by atoms with Crippen molar-refractivity contribution in [2.45, 2.75) is 11.3 Å². The maximum absolute atomic E-state index is 13.7. The summed E-state index contributed by atoms with van der Waals surface area (Å²) in [7, 11) is 0. The molecule has 0 unspecified atom stereocenters. The molecule has 0 aliphatic heterocycles. The number of benzene rings is 2. The molecule has 0 saturated heterocycles. The van der Waals surface area contributed by atoms with Gasteiger partial charge in [-0.05, 0) is 66.9 Å². The van der Waals surface area contributed by atoms with Gasteiger partial charge in [0, 0.05) is 41.3 Å². The van der Waals surface area contributed by atoms with Crippen molar-refractivity contribution in [3.8, 4) is 22.6 Å². The molecule has 0 amide bonds. The summed E-state index contributed by atoms with van der Waals surface area (Å²) >= 11 is 2.97. The van der Waals surface area contributed by atoms with Crippen LogP contribution >= 0.6 is 23.3 Å². The quantitative estimate of drug-likeness (QED) is 0.138. The Bertz CT molecular complexity index is 1450. The third-order valence-corrected chi connectivity index (χ3v) is 6.79. The van der Waals surface area contributed by atoms with Gasteiger partial charge in [-0.3, -0.25) is 9.12 Å². The Morgan fingerprint density at radius 1 is 1.03 bits per heavy atom. The van der Waals surface area contributed by atoms with Crippen LogP contribution in [0.3, 0.4) is 0 Å². The number of nitrogens with zero attached hydrogens (tertiary/aromatic N) is 4. The van der Waals surface area contributed by atoms with E-state index in [0.717, 1.165) is 28.5 Å². The second-order valence-corrected chi connectivity index (χ2v) is 9.43. The number of halogens is 2. The van der Waals surface area contributed by atoms with Gasteiger partial charge in [0.1, 0.15) is 17.3 Å². The highest BCUT2D eigenvalue weighted by Crippen LogP contribution is 2.34. The summed E-state index contributed by atoms with van der Waals surface area (Å²) in [5, 5.41) is 5.20. The number of hydrogen-bond donors (Lipinski definition) is 3.